The summed E-state index contributed by atoms with van der Waals surface area (Å²) in [5, 5.41) is 14.8. The van der Waals surface area contributed by atoms with Gasteiger partial charge >= 0.3 is 0 Å². The Bertz CT molecular complexity index is 753. The third-order valence-electron chi connectivity index (χ3n) is 5.88. The average molecular weight is 380 g/mol. The highest BCUT2D eigenvalue weighted by Gasteiger charge is 2.29. The Morgan fingerprint density at radius 1 is 1.00 bits per heavy atom. The maximum atomic E-state index is 12.5. The predicted octanol–water partition coefficient (Wildman–Crippen LogP) is 4.31. The molecule has 1 aromatic carbocycles. The van der Waals surface area contributed by atoms with E-state index in [9.17, 15) is 9.59 Å². The number of benzene rings is 1. The van der Waals surface area contributed by atoms with Crippen molar-refractivity contribution in [3.63, 3.8) is 0 Å². The lowest BCUT2D eigenvalue weighted by Gasteiger charge is -2.27. The second kappa shape index (κ2) is 10.1. The van der Waals surface area contributed by atoms with Crippen LogP contribution in [0.4, 0.5) is 5.69 Å². The van der Waals surface area contributed by atoms with Crippen molar-refractivity contribution in [2.75, 3.05) is 11.9 Å². The second-order valence-corrected chi connectivity index (χ2v) is 7.88. The van der Waals surface area contributed by atoms with Crippen molar-refractivity contribution < 1.29 is 9.59 Å². The first-order valence-corrected chi connectivity index (χ1v) is 10.4. The molecule has 1 fully saturated rings. The van der Waals surface area contributed by atoms with E-state index in [-0.39, 0.29) is 23.7 Å². The summed E-state index contributed by atoms with van der Waals surface area (Å²) in [6, 6.07) is 8.95. The topological polar surface area (TPSA) is 82.0 Å². The Kier molecular flexibility index (Phi) is 7.25. The van der Waals surface area contributed by atoms with Gasteiger partial charge in [0, 0.05) is 24.1 Å². The van der Waals surface area contributed by atoms with Gasteiger partial charge in [-0.2, -0.15) is 5.26 Å². The van der Waals surface area contributed by atoms with Gasteiger partial charge in [-0.15, -0.1) is 0 Å². The molecule has 2 aliphatic rings. The van der Waals surface area contributed by atoms with E-state index < -0.39 is 0 Å². The van der Waals surface area contributed by atoms with Gasteiger partial charge in [-0.3, -0.25) is 9.59 Å². The number of nitrogens with zero attached hydrogens (tertiary/aromatic N) is 1. The number of anilines is 1. The van der Waals surface area contributed by atoms with Crippen molar-refractivity contribution in [1.29, 1.82) is 5.26 Å². The smallest absolute Gasteiger partial charge is 0.227 e. The maximum Gasteiger partial charge on any atom is 0.227 e. The summed E-state index contributed by atoms with van der Waals surface area (Å²) in [5.74, 6) is 0.126. The van der Waals surface area contributed by atoms with Crippen LogP contribution in [0.2, 0.25) is 0 Å². The first-order valence-electron chi connectivity index (χ1n) is 10.4. The van der Waals surface area contributed by atoms with E-state index in [1.807, 2.05) is 0 Å². The van der Waals surface area contributed by atoms with Gasteiger partial charge in [0.05, 0.1) is 11.6 Å². The minimum absolute atomic E-state index is 0.00722. The van der Waals surface area contributed by atoms with E-state index in [0.717, 1.165) is 38.6 Å². The van der Waals surface area contributed by atoms with Gasteiger partial charge in [-0.1, -0.05) is 11.6 Å². The van der Waals surface area contributed by atoms with E-state index in [1.54, 1.807) is 24.3 Å². The Morgan fingerprint density at radius 2 is 1.68 bits per heavy atom. The number of nitriles is 1. The number of amides is 2. The molecule has 0 radical (unpaired) electrons. The molecule has 0 spiro atoms. The van der Waals surface area contributed by atoms with Crippen molar-refractivity contribution in [2.45, 2.75) is 57.8 Å². The van der Waals surface area contributed by atoms with Crippen molar-refractivity contribution in [2.24, 2.45) is 11.8 Å². The molecule has 0 aliphatic heterocycles. The number of allylic oxidation sites excluding steroid dienone is 1. The molecule has 0 aromatic heterocycles. The van der Waals surface area contributed by atoms with Crippen molar-refractivity contribution in [3.05, 3.63) is 41.5 Å². The molecule has 0 atom stereocenters. The van der Waals surface area contributed by atoms with Crippen LogP contribution in [0.5, 0.6) is 0 Å². The molecule has 0 unspecified atom stereocenters. The Hall–Kier alpha value is -2.61. The fraction of sp³-hybridized carbons (Fsp3) is 0.522. The number of hydrogen-bond acceptors (Lipinski definition) is 3. The summed E-state index contributed by atoms with van der Waals surface area (Å²) in [4.78, 5) is 24.9. The molecule has 2 aliphatic carbocycles. The lowest BCUT2D eigenvalue weighted by molar-refractivity contribution is -0.128. The van der Waals surface area contributed by atoms with Crippen molar-refractivity contribution in [1.82, 2.24) is 5.32 Å². The molecular formula is C23H29N3O2. The van der Waals surface area contributed by atoms with E-state index in [1.165, 1.54) is 31.3 Å². The van der Waals surface area contributed by atoms with Crippen LogP contribution in [0.1, 0.15) is 63.4 Å². The number of nitrogens with one attached hydrogen (secondary N) is 2. The van der Waals surface area contributed by atoms with Crippen molar-refractivity contribution >= 4 is 17.5 Å². The minimum Gasteiger partial charge on any atom is -0.356 e. The maximum absolute atomic E-state index is 12.5. The molecule has 0 heterocycles. The molecule has 0 saturated heterocycles. The molecule has 1 saturated carbocycles. The van der Waals surface area contributed by atoms with Crippen LogP contribution in [0, 0.1) is 23.2 Å². The number of carbonyl (C=O) groups is 2. The molecule has 5 heteroatoms. The molecular weight excluding hydrogens is 350 g/mol. The van der Waals surface area contributed by atoms with Gasteiger partial charge in [0.25, 0.3) is 0 Å². The fourth-order valence-corrected chi connectivity index (χ4v) is 4.11. The van der Waals surface area contributed by atoms with Gasteiger partial charge in [0.2, 0.25) is 11.8 Å². The van der Waals surface area contributed by atoms with Crippen molar-refractivity contribution in [3.8, 4) is 6.07 Å². The molecule has 3 rings (SSSR count). The second-order valence-electron chi connectivity index (χ2n) is 7.88. The summed E-state index contributed by atoms with van der Waals surface area (Å²) in [6.45, 7) is 0.726. The van der Waals surface area contributed by atoms with E-state index in [2.05, 4.69) is 22.8 Å². The Balaban J connectivity index is 1.38. The van der Waals surface area contributed by atoms with Crippen LogP contribution in [0.25, 0.3) is 0 Å². The van der Waals surface area contributed by atoms with Gasteiger partial charge in [-0.05, 0) is 82.1 Å². The highest BCUT2D eigenvalue weighted by atomic mass is 16.2. The summed E-state index contributed by atoms with van der Waals surface area (Å²) in [6.07, 6.45) is 11.2. The number of hydrogen-bond donors (Lipinski definition) is 2. The largest absolute Gasteiger partial charge is 0.356 e. The molecule has 2 N–H and O–H groups in total. The number of carbonyl (C=O) groups excluding carboxylic acids is 2. The fourth-order valence-electron chi connectivity index (χ4n) is 4.11. The van der Waals surface area contributed by atoms with Crippen LogP contribution < -0.4 is 10.6 Å². The predicted molar refractivity (Wildman–Crippen MR) is 109 cm³/mol. The number of rotatable bonds is 6. The van der Waals surface area contributed by atoms with Gasteiger partial charge in [-0.25, -0.2) is 0 Å². The SMILES string of the molecule is N#Cc1ccc(NC(=O)C2CCC(C(=O)NCCC3=CCCCC3)CC2)cc1. The van der Waals surface area contributed by atoms with Crippen LogP contribution in [0.15, 0.2) is 35.9 Å². The minimum atomic E-state index is -0.0490. The zero-order valence-electron chi connectivity index (χ0n) is 16.4. The Morgan fingerprint density at radius 3 is 2.29 bits per heavy atom. The normalized spacial score (nSPS) is 21.9. The van der Waals surface area contributed by atoms with Crippen LogP contribution in [0.3, 0.4) is 0 Å². The molecule has 2 amide bonds. The third kappa shape index (κ3) is 5.69. The standard InChI is InChI=1S/C23H29N3O2/c24-16-18-6-12-21(13-7-18)26-23(28)20-10-8-19(9-11-20)22(27)25-15-14-17-4-2-1-3-5-17/h4,6-7,12-13,19-20H,1-3,5,8-11,14-15H2,(H,25,27)(H,26,28). The van der Waals surface area contributed by atoms with Gasteiger partial charge in [0.1, 0.15) is 0 Å². The van der Waals surface area contributed by atoms with E-state index in [4.69, 9.17) is 5.26 Å². The van der Waals surface area contributed by atoms with Crippen LogP contribution in [-0.4, -0.2) is 18.4 Å². The summed E-state index contributed by atoms with van der Waals surface area (Å²) >= 11 is 0. The van der Waals surface area contributed by atoms with E-state index in [0.29, 0.717) is 11.3 Å². The molecule has 1 aromatic rings. The highest BCUT2D eigenvalue weighted by Crippen LogP contribution is 2.30. The van der Waals surface area contributed by atoms with Crippen LogP contribution in [-0.2, 0) is 9.59 Å². The van der Waals surface area contributed by atoms with Crippen LogP contribution >= 0.6 is 0 Å². The molecule has 5 nitrogen and oxygen atoms in total. The lowest BCUT2D eigenvalue weighted by Crippen LogP contribution is -2.36. The molecule has 28 heavy (non-hydrogen) atoms. The van der Waals surface area contributed by atoms with E-state index >= 15 is 0 Å². The highest BCUT2D eigenvalue weighted by molar-refractivity contribution is 5.92. The Labute approximate surface area is 167 Å². The zero-order valence-corrected chi connectivity index (χ0v) is 16.4. The monoisotopic (exact) mass is 379 g/mol. The summed E-state index contributed by atoms with van der Waals surface area (Å²) < 4.78 is 0. The van der Waals surface area contributed by atoms with Gasteiger partial charge < -0.3 is 10.6 Å². The summed E-state index contributed by atoms with van der Waals surface area (Å²) in [5.41, 5.74) is 2.76. The third-order valence-corrected chi connectivity index (χ3v) is 5.88. The average Bonchev–Trinajstić information content (AvgIpc) is 2.75. The molecule has 148 valence electrons. The first-order chi connectivity index (χ1) is 13.7. The summed E-state index contributed by atoms with van der Waals surface area (Å²) in [7, 11) is 0. The quantitative estimate of drug-likeness (QED) is 0.723. The zero-order chi connectivity index (χ0) is 19.8. The first kappa shape index (κ1) is 20.1. The lowest BCUT2D eigenvalue weighted by atomic mass is 9.81. The van der Waals surface area contributed by atoms with Gasteiger partial charge in [0.15, 0.2) is 0 Å². The molecule has 0 bridgehead atoms.